The van der Waals surface area contributed by atoms with Gasteiger partial charge in [-0.25, -0.2) is 4.79 Å². The zero-order chi connectivity index (χ0) is 33.3. The lowest BCUT2D eigenvalue weighted by molar-refractivity contribution is -0.172. The topological polar surface area (TPSA) is 256 Å². The van der Waals surface area contributed by atoms with Crippen molar-refractivity contribution in [3.05, 3.63) is 47.7 Å². The predicted molar refractivity (Wildman–Crippen MR) is 153 cm³/mol. The molecule has 240 valence electrons. The van der Waals surface area contributed by atoms with Crippen molar-refractivity contribution in [1.82, 2.24) is 15.5 Å². The SMILES string of the molecule is [B]C(=O)OCc1ccc(OC2OC(C(=O)O)=CC(O)[C@H]2O)c(NCCCNC(=O)[C@H](C)NC(=O)C(CN)N2C(=O)C=CC2=O)c1. The van der Waals surface area contributed by atoms with E-state index in [1.54, 1.807) is 0 Å². The molecular weight excluding hydrogens is 597 g/mol. The van der Waals surface area contributed by atoms with Gasteiger partial charge < -0.3 is 51.2 Å². The normalized spacial score (nSPS) is 20.4. The van der Waals surface area contributed by atoms with E-state index in [2.05, 4.69) is 16.0 Å². The van der Waals surface area contributed by atoms with Crippen molar-refractivity contribution in [2.45, 2.75) is 50.5 Å². The van der Waals surface area contributed by atoms with Crippen molar-refractivity contribution in [1.29, 1.82) is 0 Å². The molecular formula is C27H32BN5O12. The minimum Gasteiger partial charge on any atom is -0.475 e. The molecule has 0 saturated heterocycles. The third-order valence-corrected chi connectivity index (χ3v) is 6.47. The van der Waals surface area contributed by atoms with Gasteiger partial charge in [0.2, 0.25) is 31.3 Å². The molecule has 1 aromatic rings. The number of rotatable bonds is 15. The van der Waals surface area contributed by atoms with E-state index in [4.69, 9.17) is 27.8 Å². The molecule has 4 amide bonds. The van der Waals surface area contributed by atoms with Gasteiger partial charge in [0.1, 0.15) is 30.5 Å². The molecule has 2 aliphatic rings. The van der Waals surface area contributed by atoms with Crippen molar-refractivity contribution < 1.29 is 58.3 Å². The van der Waals surface area contributed by atoms with Crippen LogP contribution in [0, 0.1) is 0 Å². The third-order valence-electron chi connectivity index (χ3n) is 6.47. The van der Waals surface area contributed by atoms with Gasteiger partial charge in [0.05, 0.1) is 5.69 Å². The molecule has 0 aliphatic carbocycles. The smallest absolute Gasteiger partial charge is 0.371 e. The van der Waals surface area contributed by atoms with Gasteiger partial charge in [-0.15, -0.1) is 0 Å². The molecule has 17 nitrogen and oxygen atoms in total. The Labute approximate surface area is 257 Å². The Morgan fingerprint density at radius 1 is 1.11 bits per heavy atom. The number of carbonyl (C=O) groups excluding carboxylic acids is 5. The maximum absolute atomic E-state index is 12.6. The summed E-state index contributed by atoms with van der Waals surface area (Å²) in [5.41, 5.74) is 6.38. The number of amides is 4. The molecule has 0 aromatic heterocycles. The third kappa shape index (κ3) is 9.28. The molecule has 2 radical (unpaired) electrons. The second-order valence-electron chi connectivity index (χ2n) is 9.79. The van der Waals surface area contributed by atoms with E-state index in [0.717, 1.165) is 18.2 Å². The summed E-state index contributed by atoms with van der Waals surface area (Å²) in [7, 11) is 5.03. The number of carbonyl (C=O) groups is 6. The number of benzene rings is 1. The van der Waals surface area contributed by atoms with E-state index < -0.39 is 71.8 Å². The molecule has 0 saturated carbocycles. The first-order valence-corrected chi connectivity index (χ1v) is 13.6. The lowest BCUT2D eigenvalue weighted by atomic mass is 10.1. The molecule has 0 fully saturated rings. The summed E-state index contributed by atoms with van der Waals surface area (Å²) in [4.78, 5) is 72.0. The number of hydrogen-bond acceptors (Lipinski definition) is 13. The quantitative estimate of drug-likeness (QED) is 0.0606. The van der Waals surface area contributed by atoms with E-state index in [-0.39, 0.29) is 32.0 Å². The molecule has 45 heavy (non-hydrogen) atoms. The number of ether oxygens (including phenoxy) is 3. The maximum Gasteiger partial charge on any atom is 0.371 e. The lowest BCUT2D eigenvalue weighted by Crippen LogP contribution is -2.56. The summed E-state index contributed by atoms with van der Waals surface area (Å²) in [5.74, 6) is -5.69. The van der Waals surface area contributed by atoms with E-state index in [9.17, 15) is 44.1 Å². The predicted octanol–water partition coefficient (Wildman–Crippen LogP) is -2.41. The van der Waals surface area contributed by atoms with Crippen molar-refractivity contribution in [3.63, 3.8) is 0 Å². The fourth-order valence-electron chi connectivity index (χ4n) is 4.15. The second-order valence-corrected chi connectivity index (χ2v) is 9.79. The van der Waals surface area contributed by atoms with Gasteiger partial charge in [-0.05, 0) is 37.1 Å². The Balaban J connectivity index is 1.56. The lowest BCUT2D eigenvalue weighted by Gasteiger charge is -2.31. The number of imide groups is 1. The minimum absolute atomic E-state index is 0.0840. The first kappa shape index (κ1) is 34.6. The highest BCUT2D eigenvalue weighted by atomic mass is 16.7. The van der Waals surface area contributed by atoms with Crippen LogP contribution in [0.15, 0.2) is 42.2 Å². The average Bonchev–Trinajstić information content (AvgIpc) is 3.32. The second kappa shape index (κ2) is 15.7. The molecule has 2 heterocycles. The number of carboxylic acid groups (broad SMARTS) is 1. The molecule has 5 atom stereocenters. The van der Waals surface area contributed by atoms with Gasteiger partial charge in [-0.2, -0.15) is 0 Å². The summed E-state index contributed by atoms with van der Waals surface area (Å²) < 4.78 is 15.6. The van der Waals surface area contributed by atoms with Crippen LogP contribution < -0.4 is 26.4 Å². The van der Waals surface area contributed by atoms with E-state index >= 15 is 0 Å². The van der Waals surface area contributed by atoms with Crippen LogP contribution in [0.25, 0.3) is 0 Å². The first-order valence-electron chi connectivity index (χ1n) is 13.6. The van der Waals surface area contributed by atoms with Crippen LogP contribution in [0.2, 0.25) is 0 Å². The standard InChI is InChI=1S/C27H32BN5O12/c1-13(32-24(39)16(11-29)33-20(35)5-6-21(33)36)23(38)31-8-2-7-30-15-9-14(12-43-27(28)42)3-4-18(15)44-26-22(37)17(34)10-19(45-26)25(40)41/h3-6,9-10,13,16-17,22,26,30,34,37H,2,7-8,11-12,29H2,1H3,(H,31,38)(H,32,39)(H,40,41)/t13-,16?,17?,22+,26?/m0/s1. The van der Waals surface area contributed by atoms with Crippen LogP contribution in [-0.4, -0.2) is 114 Å². The van der Waals surface area contributed by atoms with Gasteiger partial charge >= 0.3 is 5.97 Å². The molecule has 18 heteroatoms. The van der Waals surface area contributed by atoms with E-state index in [1.807, 2.05) is 0 Å². The Morgan fingerprint density at radius 3 is 2.42 bits per heavy atom. The summed E-state index contributed by atoms with van der Waals surface area (Å²) in [6.45, 7) is 1.27. The molecule has 2 aliphatic heterocycles. The molecule has 8 N–H and O–H groups in total. The number of aliphatic carboxylic acids is 1. The van der Waals surface area contributed by atoms with Crippen molar-refractivity contribution in [2.75, 3.05) is 25.0 Å². The number of nitrogens with one attached hydrogen (secondary N) is 3. The fourth-order valence-corrected chi connectivity index (χ4v) is 4.15. The largest absolute Gasteiger partial charge is 0.475 e. The van der Waals surface area contributed by atoms with Crippen molar-refractivity contribution >= 4 is 49.0 Å². The van der Waals surface area contributed by atoms with E-state index in [0.29, 0.717) is 22.6 Å². The zero-order valence-corrected chi connectivity index (χ0v) is 24.0. The average molecular weight is 629 g/mol. The van der Waals surface area contributed by atoms with Gasteiger partial charge in [-0.3, -0.25) is 28.9 Å². The van der Waals surface area contributed by atoms with Crippen LogP contribution >= 0.6 is 0 Å². The summed E-state index contributed by atoms with van der Waals surface area (Å²) in [6.07, 6.45) is -1.57. The Bertz CT molecular complexity index is 1370. The maximum atomic E-state index is 12.6. The fraction of sp³-hybridized carbons (Fsp3) is 0.407. The van der Waals surface area contributed by atoms with Crippen LogP contribution in [0.4, 0.5) is 10.5 Å². The van der Waals surface area contributed by atoms with Gasteiger partial charge in [0.15, 0.2) is 6.10 Å². The van der Waals surface area contributed by atoms with Gasteiger partial charge in [-0.1, -0.05) is 6.07 Å². The number of aliphatic hydroxyl groups is 2. The molecule has 0 bridgehead atoms. The number of carboxylic acids is 1. The first-order chi connectivity index (χ1) is 21.3. The summed E-state index contributed by atoms with van der Waals surface area (Å²) >= 11 is 0. The number of nitrogens with two attached hydrogens (primary N) is 1. The van der Waals surface area contributed by atoms with Crippen molar-refractivity contribution in [3.8, 4) is 5.75 Å². The van der Waals surface area contributed by atoms with Crippen LogP contribution in [0.3, 0.4) is 0 Å². The van der Waals surface area contributed by atoms with Gasteiger partial charge in [0, 0.05) is 31.8 Å². The molecule has 3 rings (SSSR count). The number of hydrogen-bond donors (Lipinski definition) is 7. The van der Waals surface area contributed by atoms with Crippen molar-refractivity contribution in [2.24, 2.45) is 5.73 Å². The monoisotopic (exact) mass is 629 g/mol. The van der Waals surface area contributed by atoms with Crippen LogP contribution in [0.5, 0.6) is 5.75 Å². The summed E-state index contributed by atoms with van der Waals surface area (Å²) in [5, 5.41) is 37.6. The van der Waals surface area contributed by atoms with Gasteiger partial charge in [0.25, 0.3) is 18.1 Å². The number of anilines is 1. The zero-order valence-electron chi connectivity index (χ0n) is 24.0. The molecule has 1 aromatic carbocycles. The highest BCUT2D eigenvalue weighted by molar-refractivity contribution is 6.55. The van der Waals surface area contributed by atoms with Crippen LogP contribution in [-0.2, 0) is 40.1 Å². The Kier molecular flexibility index (Phi) is 12.0. The molecule has 0 spiro atoms. The summed E-state index contributed by atoms with van der Waals surface area (Å²) in [6, 6.07) is 2.18. The molecule has 3 unspecified atom stereocenters. The number of aliphatic hydroxyl groups excluding tert-OH is 2. The Hall–Kier alpha value is -4.94. The highest BCUT2D eigenvalue weighted by Crippen LogP contribution is 2.30. The van der Waals surface area contributed by atoms with E-state index in [1.165, 1.54) is 25.1 Å². The van der Waals surface area contributed by atoms with Crippen LogP contribution in [0.1, 0.15) is 18.9 Å². The highest BCUT2D eigenvalue weighted by Gasteiger charge is 2.37. The minimum atomic E-state index is -1.62. The number of nitrogens with zero attached hydrogens (tertiary/aromatic N) is 1. The Morgan fingerprint density at radius 2 is 1.80 bits per heavy atom.